The summed E-state index contributed by atoms with van der Waals surface area (Å²) in [6.45, 7) is 2.64. The highest BCUT2D eigenvalue weighted by atomic mass is 16.5. The van der Waals surface area contributed by atoms with Crippen LogP contribution in [0.15, 0.2) is 0 Å². The van der Waals surface area contributed by atoms with Crippen molar-refractivity contribution in [2.45, 2.75) is 51.0 Å². The van der Waals surface area contributed by atoms with Crippen molar-refractivity contribution in [3.05, 3.63) is 0 Å². The maximum absolute atomic E-state index is 11.2. The number of carboxylic acid groups (broad SMARTS) is 1. The molecule has 0 saturated heterocycles. The molecule has 1 fully saturated rings. The number of methoxy groups -OCH3 is 1. The van der Waals surface area contributed by atoms with Crippen LogP contribution in [0.4, 0.5) is 0 Å². The van der Waals surface area contributed by atoms with E-state index in [1.54, 1.807) is 6.92 Å². The molecule has 0 radical (unpaired) electrons. The smallest absolute Gasteiger partial charge is 0.326 e. The molecule has 1 aliphatic rings. The second-order valence-electron chi connectivity index (χ2n) is 5.29. The minimum atomic E-state index is -0.955. The fourth-order valence-electron chi connectivity index (χ4n) is 2.51. The van der Waals surface area contributed by atoms with Crippen molar-refractivity contribution in [2.24, 2.45) is 5.92 Å². The molecule has 4 nitrogen and oxygen atoms in total. The normalized spacial score (nSPS) is 21.1. The largest absolute Gasteiger partial charge is 0.480 e. The Morgan fingerprint density at radius 3 is 2.59 bits per heavy atom. The van der Waals surface area contributed by atoms with Gasteiger partial charge in [-0.3, -0.25) is 4.79 Å². The van der Waals surface area contributed by atoms with Gasteiger partial charge in [0, 0.05) is 7.11 Å². The predicted octanol–water partition coefficient (Wildman–Crippen LogP) is 2.04. The lowest BCUT2D eigenvalue weighted by Crippen LogP contribution is -2.53. The van der Waals surface area contributed by atoms with Crippen LogP contribution >= 0.6 is 0 Å². The number of hydrogen-bond donors (Lipinski definition) is 2. The summed E-state index contributed by atoms with van der Waals surface area (Å²) in [4.78, 5) is 11.2. The first kappa shape index (κ1) is 14.5. The fourth-order valence-corrected chi connectivity index (χ4v) is 2.51. The third-order valence-corrected chi connectivity index (χ3v) is 3.70. The Hall–Kier alpha value is -0.610. The predicted molar refractivity (Wildman–Crippen MR) is 67.1 cm³/mol. The number of hydrogen-bond acceptors (Lipinski definition) is 3. The quantitative estimate of drug-likeness (QED) is 0.718. The zero-order valence-electron chi connectivity index (χ0n) is 11.0. The average molecular weight is 243 g/mol. The van der Waals surface area contributed by atoms with Gasteiger partial charge in [0.15, 0.2) is 0 Å². The Bertz CT molecular complexity index is 239. The lowest BCUT2D eigenvalue weighted by Gasteiger charge is -2.27. The molecule has 1 unspecified atom stereocenters. The molecule has 0 bridgehead atoms. The van der Waals surface area contributed by atoms with Gasteiger partial charge in [-0.1, -0.05) is 32.1 Å². The molecular weight excluding hydrogens is 218 g/mol. The summed E-state index contributed by atoms with van der Waals surface area (Å²) in [5.74, 6) is -0.0696. The number of aliphatic carboxylic acids is 1. The van der Waals surface area contributed by atoms with Gasteiger partial charge in [0.05, 0.1) is 6.61 Å². The van der Waals surface area contributed by atoms with E-state index < -0.39 is 11.5 Å². The zero-order valence-corrected chi connectivity index (χ0v) is 11.0. The molecule has 1 aliphatic carbocycles. The lowest BCUT2D eigenvalue weighted by molar-refractivity contribution is -0.146. The van der Waals surface area contributed by atoms with Gasteiger partial charge < -0.3 is 15.2 Å². The van der Waals surface area contributed by atoms with E-state index in [1.807, 2.05) is 0 Å². The van der Waals surface area contributed by atoms with E-state index in [0.29, 0.717) is 0 Å². The van der Waals surface area contributed by atoms with Crippen LogP contribution in [0.25, 0.3) is 0 Å². The van der Waals surface area contributed by atoms with Crippen LogP contribution in [0.1, 0.15) is 45.4 Å². The number of carbonyl (C=O) groups is 1. The molecule has 0 aliphatic heterocycles. The Morgan fingerprint density at radius 1 is 1.41 bits per heavy atom. The SMILES string of the molecule is COCC(C)(NCCC1CCCCC1)C(=O)O. The molecule has 1 rings (SSSR count). The Kier molecular flexibility index (Phi) is 5.92. The first-order chi connectivity index (χ1) is 8.08. The van der Waals surface area contributed by atoms with Crippen LogP contribution < -0.4 is 5.32 Å². The topological polar surface area (TPSA) is 58.6 Å². The molecule has 0 aromatic heterocycles. The number of rotatable bonds is 7. The van der Waals surface area contributed by atoms with Crippen molar-refractivity contribution in [1.82, 2.24) is 5.32 Å². The summed E-state index contributed by atoms with van der Waals surface area (Å²) in [5.41, 5.74) is -0.955. The molecule has 0 aromatic rings. The highest BCUT2D eigenvalue weighted by Gasteiger charge is 2.32. The van der Waals surface area contributed by atoms with Gasteiger partial charge in [-0.15, -0.1) is 0 Å². The van der Waals surface area contributed by atoms with Crippen LogP contribution in [0.2, 0.25) is 0 Å². The Labute approximate surface area is 104 Å². The molecule has 17 heavy (non-hydrogen) atoms. The van der Waals surface area contributed by atoms with Gasteiger partial charge in [0.25, 0.3) is 0 Å². The third-order valence-electron chi connectivity index (χ3n) is 3.70. The molecule has 4 heteroatoms. The van der Waals surface area contributed by atoms with Gasteiger partial charge in [-0.2, -0.15) is 0 Å². The van der Waals surface area contributed by atoms with E-state index in [2.05, 4.69) is 5.32 Å². The van der Waals surface area contributed by atoms with Crippen LogP contribution in [0, 0.1) is 5.92 Å². The third kappa shape index (κ3) is 4.64. The molecule has 0 aromatic carbocycles. The molecule has 100 valence electrons. The van der Waals surface area contributed by atoms with Gasteiger partial charge in [-0.05, 0) is 25.8 Å². The van der Waals surface area contributed by atoms with E-state index in [-0.39, 0.29) is 6.61 Å². The highest BCUT2D eigenvalue weighted by Crippen LogP contribution is 2.25. The summed E-state index contributed by atoms with van der Waals surface area (Å²) < 4.78 is 4.97. The van der Waals surface area contributed by atoms with E-state index >= 15 is 0 Å². The van der Waals surface area contributed by atoms with Crippen molar-refractivity contribution in [1.29, 1.82) is 0 Å². The van der Waals surface area contributed by atoms with E-state index in [4.69, 9.17) is 9.84 Å². The Morgan fingerprint density at radius 2 is 2.06 bits per heavy atom. The summed E-state index contributed by atoms with van der Waals surface area (Å²) in [6.07, 6.45) is 7.70. The summed E-state index contributed by atoms with van der Waals surface area (Å²) >= 11 is 0. The number of ether oxygens (including phenoxy) is 1. The van der Waals surface area contributed by atoms with Crippen LogP contribution in [0.3, 0.4) is 0 Å². The van der Waals surface area contributed by atoms with Crippen molar-refractivity contribution in [3.63, 3.8) is 0 Å². The van der Waals surface area contributed by atoms with Gasteiger partial charge >= 0.3 is 5.97 Å². The molecule has 1 atom stereocenters. The second kappa shape index (κ2) is 6.97. The van der Waals surface area contributed by atoms with Crippen molar-refractivity contribution in [3.8, 4) is 0 Å². The molecule has 2 N–H and O–H groups in total. The van der Waals surface area contributed by atoms with E-state index in [0.717, 1.165) is 18.9 Å². The number of carboxylic acids is 1. The van der Waals surface area contributed by atoms with Crippen molar-refractivity contribution < 1.29 is 14.6 Å². The molecule has 0 amide bonds. The maximum Gasteiger partial charge on any atom is 0.326 e. The van der Waals surface area contributed by atoms with Crippen molar-refractivity contribution >= 4 is 5.97 Å². The molecule has 1 saturated carbocycles. The van der Waals surface area contributed by atoms with Gasteiger partial charge in [0.2, 0.25) is 0 Å². The second-order valence-corrected chi connectivity index (χ2v) is 5.29. The monoisotopic (exact) mass is 243 g/mol. The minimum Gasteiger partial charge on any atom is -0.480 e. The average Bonchev–Trinajstić information content (AvgIpc) is 2.30. The van der Waals surface area contributed by atoms with E-state index in [9.17, 15) is 4.79 Å². The van der Waals surface area contributed by atoms with E-state index in [1.165, 1.54) is 39.2 Å². The standard InChI is InChI=1S/C13H25NO3/c1-13(10-17-2,12(15)16)14-9-8-11-6-4-3-5-7-11/h11,14H,3-10H2,1-2H3,(H,15,16). The molecule has 0 spiro atoms. The van der Waals surface area contributed by atoms with Gasteiger partial charge in [-0.25, -0.2) is 0 Å². The van der Waals surface area contributed by atoms with Crippen LogP contribution in [-0.4, -0.2) is 36.9 Å². The van der Waals surface area contributed by atoms with Crippen LogP contribution in [0.5, 0.6) is 0 Å². The zero-order chi connectivity index (χ0) is 12.7. The first-order valence-corrected chi connectivity index (χ1v) is 6.56. The lowest BCUT2D eigenvalue weighted by atomic mass is 9.87. The Balaban J connectivity index is 2.28. The van der Waals surface area contributed by atoms with Crippen molar-refractivity contribution in [2.75, 3.05) is 20.3 Å². The summed E-state index contributed by atoms with van der Waals surface area (Å²) in [7, 11) is 1.53. The van der Waals surface area contributed by atoms with Crippen LogP contribution in [-0.2, 0) is 9.53 Å². The maximum atomic E-state index is 11.2. The fraction of sp³-hybridized carbons (Fsp3) is 0.923. The molecular formula is C13H25NO3. The highest BCUT2D eigenvalue weighted by molar-refractivity contribution is 5.78. The summed E-state index contributed by atoms with van der Waals surface area (Å²) in [5, 5.41) is 12.3. The minimum absolute atomic E-state index is 0.201. The number of nitrogens with one attached hydrogen (secondary N) is 1. The summed E-state index contributed by atoms with van der Waals surface area (Å²) in [6, 6.07) is 0. The van der Waals surface area contributed by atoms with Gasteiger partial charge in [0.1, 0.15) is 5.54 Å². The molecule has 0 heterocycles. The first-order valence-electron chi connectivity index (χ1n) is 6.56.